The topological polar surface area (TPSA) is 95.9 Å². The average Bonchev–Trinajstić information content (AvgIpc) is 3.32. The van der Waals surface area contributed by atoms with Gasteiger partial charge in [-0.2, -0.15) is 5.26 Å². The molecule has 37 heavy (non-hydrogen) atoms. The molecule has 0 bridgehead atoms. The summed E-state index contributed by atoms with van der Waals surface area (Å²) >= 11 is 15.5. The van der Waals surface area contributed by atoms with E-state index in [0.29, 0.717) is 39.2 Å². The van der Waals surface area contributed by atoms with Crippen molar-refractivity contribution in [1.29, 1.82) is 5.26 Å². The lowest BCUT2D eigenvalue weighted by Crippen LogP contribution is -2.42. The fourth-order valence-corrected chi connectivity index (χ4v) is 6.97. The predicted octanol–water partition coefficient (Wildman–Crippen LogP) is 7.08. The largest absolute Gasteiger partial charge is 0.384 e. The molecule has 188 valence electrons. The molecule has 0 saturated heterocycles. The van der Waals surface area contributed by atoms with Crippen molar-refractivity contribution in [3.05, 3.63) is 92.4 Å². The standard InChI is InChI=1S/C27H23Cl2N5OS2/c1-27(2)11-20-23(21(35)12-27)22(16-8-9-18(28)19(29)10-16)17(13-30)24(31)34(20)25-32-33-26(37-25)36-14-15-6-4-3-5-7-15/h3-10,22H,11-12,14,31H2,1-2H3. The Labute approximate surface area is 233 Å². The summed E-state index contributed by atoms with van der Waals surface area (Å²) in [5, 5.41) is 20.3. The summed E-state index contributed by atoms with van der Waals surface area (Å²) in [5.41, 5.74) is 9.87. The number of nitrogens with two attached hydrogens (primary N) is 1. The molecule has 0 amide bonds. The number of halogens is 2. The third-order valence-electron chi connectivity index (χ3n) is 6.45. The van der Waals surface area contributed by atoms with Crippen LogP contribution in [0.3, 0.4) is 0 Å². The van der Waals surface area contributed by atoms with Crippen LogP contribution in [0.2, 0.25) is 10.0 Å². The summed E-state index contributed by atoms with van der Waals surface area (Å²) in [6.45, 7) is 4.12. The first-order chi connectivity index (χ1) is 17.7. The van der Waals surface area contributed by atoms with Crippen LogP contribution >= 0.6 is 46.3 Å². The van der Waals surface area contributed by atoms with Crippen LogP contribution < -0.4 is 10.6 Å². The van der Waals surface area contributed by atoms with Crippen molar-refractivity contribution in [2.45, 2.75) is 42.7 Å². The van der Waals surface area contributed by atoms with Gasteiger partial charge in [0.25, 0.3) is 0 Å². The SMILES string of the molecule is CC1(C)CC(=O)C2=C(C1)N(c1nnc(SCc3ccccc3)s1)C(N)=C(C#N)C2c1ccc(Cl)c(Cl)c1. The van der Waals surface area contributed by atoms with Crippen molar-refractivity contribution in [2.75, 3.05) is 4.90 Å². The smallest absolute Gasteiger partial charge is 0.219 e. The summed E-state index contributed by atoms with van der Waals surface area (Å²) in [4.78, 5) is 15.4. The molecule has 0 saturated carbocycles. The molecule has 1 atom stereocenters. The molecule has 3 aromatic rings. The second-order valence-electron chi connectivity index (χ2n) is 9.78. The lowest BCUT2D eigenvalue weighted by atomic mass is 9.69. The van der Waals surface area contributed by atoms with E-state index >= 15 is 0 Å². The van der Waals surface area contributed by atoms with E-state index in [1.807, 2.05) is 18.2 Å². The third-order valence-corrected chi connectivity index (χ3v) is 9.30. The van der Waals surface area contributed by atoms with E-state index in [-0.39, 0.29) is 22.6 Å². The van der Waals surface area contributed by atoms with Crippen LogP contribution in [-0.4, -0.2) is 16.0 Å². The van der Waals surface area contributed by atoms with Crippen LogP contribution in [0.25, 0.3) is 0 Å². The Balaban J connectivity index is 1.59. The number of nitrogens with zero attached hydrogens (tertiary/aromatic N) is 4. The van der Waals surface area contributed by atoms with E-state index in [4.69, 9.17) is 28.9 Å². The van der Waals surface area contributed by atoms with Crippen molar-refractivity contribution < 1.29 is 4.79 Å². The molecule has 2 heterocycles. The highest BCUT2D eigenvalue weighted by molar-refractivity contribution is 8.00. The molecule has 1 unspecified atom stereocenters. The van der Waals surface area contributed by atoms with Gasteiger partial charge in [0.2, 0.25) is 5.13 Å². The number of anilines is 1. The van der Waals surface area contributed by atoms with Crippen LogP contribution in [0.5, 0.6) is 0 Å². The number of nitriles is 1. The van der Waals surface area contributed by atoms with Gasteiger partial charge >= 0.3 is 0 Å². The fraction of sp³-hybridized carbons (Fsp3) is 0.259. The number of ketones is 1. The van der Waals surface area contributed by atoms with Gasteiger partial charge in [0.1, 0.15) is 5.82 Å². The number of allylic oxidation sites excluding steroid dienone is 3. The Morgan fingerprint density at radius 1 is 1.16 bits per heavy atom. The first-order valence-corrected chi connectivity index (χ1v) is 14.2. The molecule has 6 nitrogen and oxygen atoms in total. The minimum atomic E-state index is -0.630. The molecule has 0 spiro atoms. The summed E-state index contributed by atoms with van der Waals surface area (Å²) < 4.78 is 0.778. The average molecular weight is 569 g/mol. The second-order valence-corrected chi connectivity index (χ2v) is 12.8. The Morgan fingerprint density at radius 3 is 2.62 bits per heavy atom. The highest BCUT2D eigenvalue weighted by atomic mass is 35.5. The molecule has 5 rings (SSSR count). The van der Waals surface area contributed by atoms with Gasteiger partial charge in [-0.1, -0.05) is 96.5 Å². The molecular weight excluding hydrogens is 545 g/mol. The van der Waals surface area contributed by atoms with Crippen molar-refractivity contribution >= 4 is 57.2 Å². The number of Topliss-reactive ketones (excluding diaryl/α,β-unsaturated/α-hetero) is 1. The van der Waals surface area contributed by atoms with Crippen molar-refractivity contribution in [3.63, 3.8) is 0 Å². The van der Waals surface area contributed by atoms with Crippen molar-refractivity contribution in [3.8, 4) is 6.07 Å². The highest BCUT2D eigenvalue weighted by Crippen LogP contribution is 2.51. The first-order valence-electron chi connectivity index (χ1n) is 11.6. The Morgan fingerprint density at radius 2 is 1.92 bits per heavy atom. The van der Waals surface area contributed by atoms with Gasteiger partial charge in [-0.25, -0.2) is 0 Å². The quantitative estimate of drug-likeness (QED) is 0.329. The number of rotatable bonds is 5. The zero-order chi connectivity index (χ0) is 26.3. The molecule has 2 aromatic carbocycles. The predicted molar refractivity (Wildman–Crippen MR) is 149 cm³/mol. The third kappa shape index (κ3) is 5.01. The van der Waals surface area contributed by atoms with Crippen LogP contribution in [0.15, 0.2) is 75.5 Å². The van der Waals surface area contributed by atoms with Crippen molar-refractivity contribution in [2.24, 2.45) is 11.1 Å². The zero-order valence-corrected chi connectivity index (χ0v) is 23.3. The summed E-state index contributed by atoms with van der Waals surface area (Å²) in [7, 11) is 0. The van der Waals surface area contributed by atoms with Crippen LogP contribution in [-0.2, 0) is 10.5 Å². The van der Waals surface area contributed by atoms with E-state index in [0.717, 1.165) is 15.8 Å². The molecular formula is C27H23Cl2N5OS2. The second kappa shape index (κ2) is 10.1. The lowest BCUT2D eigenvalue weighted by molar-refractivity contribution is -0.118. The molecule has 1 aliphatic heterocycles. The molecule has 10 heteroatoms. The zero-order valence-electron chi connectivity index (χ0n) is 20.2. The van der Waals surface area contributed by atoms with Gasteiger partial charge in [-0.3, -0.25) is 9.69 Å². The van der Waals surface area contributed by atoms with Gasteiger partial charge in [0, 0.05) is 23.4 Å². The lowest BCUT2D eigenvalue weighted by Gasteiger charge is -2.42. The maximum Gasteiger partial charge on any atom is 0.219 e. The maximum atomic E-state index is 13.6. The number of benzene rings is 2. The van der Waals surface area contributed by atoms with Crippen LogP contribution in [0.4, 0.5) is 5.13 Å². The summed E-state index contributed by atoms with van der Waals surface area (Å²) in [5.74, 6) is 0.354. The number of carbonyl (C=O) groups excluding carboxylic acids is 1. The first kappa shape index (κ1) is 25.8. The fourth-order valence-electron chi connectivity index (χ4n) is 4.82. The van der Waals surface area contributed by atoms with Crippen molar-refractivity contribution in [1.82, 2.24) is 10.2 Å². The molecule has 0 fully saturated rings. The van der Waals surface area contributed by atoms with Crippen LogP contribution in [0.1, 0.15) is 43.7 Å². The van der Waals surface area contributed by atoms with E-state index in [2.05, 4.69) is 42.2 Å². The number of hydrogen-bond acceptors (Lipinski definition) is 8. The van der Waals surface area contributed by atoms with E-state index in [9.17, 15) is 10.1 Å². The van der Waals surface area contributed by atoms with Gasteiger partial charge in [-0.15, -0.1) is 10.2 Å². The van der Waals surface area contributed by atoms with E-state index in [1.165, 1.54) is 16.9 Å². The maximum absolute atomic E-state index is 13.6. The molecule has 2 aliphatic rings. The minimum Gasteiger partial charge on any atom is -0.384 e. The van der Waals surface area contributed by atoms with E-state index < -0.39 is 5.92 Å². The number of carbonyl (C=O) groups is 1. The number of hydrogen-bond donors (Lipinski definition) is 1. The van der Waals surface area contributed by atoms with Gasteiger partial charge < -0.3 is 5.73 Å². The van der Waals surface area contributed by atoms with Gasteiger partial charge in [-0.05, 0) is 35.1 Å². The molecule has 1 aromatic heterocycles. The highest BCUT2D eigenvalue weighted by Gasteiger charge is 2.45. The normalized spacial score (nSPS) is 19.2. The summed E-state index contributed by atoms with van der Waals surface area (Å²) in [6, 6.07) is 17.6. The molecule has 1 aliphatic carbocycles. The number of aromatic nitrogens is 2. The Hall–Kier alpha value is -2.83. The monoisotopic (exact) mass is 567 g/mol. The van der Waals surface area contributed by atoms with E-state index in [1.54, 1.807) is 34.9 Å². The molecule has 2 N–H and O–H groups in total. The number of thioether (sulfide) groups is 1. The minimum absolute atomic E-state index is 0.0178. The Bertz CT molecular complexity index is 1490. The summed E-state index contributed by atoms with van der Waals surface area (Å²) in [6.07, 6.45) is 0.960. The Kier molecular flexibility index (Phi) is 7.08. The van der Waals surface area contributed by atoms with Gasteiger partial charge in [0.05, 0.1) is 27.6 Å². The van der Waals surface area contributed by atoms with Gasteiger partial charge in [0.15, 0.2) is 10.1 Å². The molecule has 0 radical (unpaired) electrons. The van der Waals surface area contributed by atoms with Crippen LogP contribution in [0, 0.1) is 16.7 Å².